The highest BCUT2D eigenvalue weighted by Gasteiger charge is 1.97. The average molecular weight is 270 g/mol. The minimum absolute atomic E-state index is 1.12. The van der Waals surface area contributed by atoms with Gasteiger partial charge in [-0.1, -0.05) is 56.0 Å². The molecule has 0 aliphatic carbocycles. The molecule has 2 aromatic rings. The van der Waals surface area contributed by atoms with Gasteiger partial charge in [-0.05, 0) is 31.7 Å². The Kier molecular flexibility index (Phi) is 6.36. The fourth-order valence-electron chi connectivity index (χ4n) is 2.58. The van der Waals surface area contributed by atoms with Gasteiger partial charge < -0.3 is 4.57 Å². The number of aromatic nitrogens is 2. The highest BCUT2D eigenvalue weighted by atomic mass is 15.0. The zero-order chi connectivity index (χ0) is 14.0. The number of nitrogens with zero attached hydrogens (tertiary/aromatic N) is 2. The molecule has 0 aliphatic heterocycles. The third-order valence-electron chi connectivity index (χ3n) is 3.88. The van der Waals surface area contributed by atoms with E-state index in [0.717, 1.165) is 6.54 Å². The van der Waals surface area contributed by atoms with Crippen molar-refractivity contribution in [2.45, 2.75) is 58.4 Å². The molecule has 2 rings (SSSR count). The lowest BCUT2D eigenvalue weighted by molar-refractivity contribution is 0.547. The standard InChI is InChI=1S/C18H26N2/c1-17-15-19-16-20(17)14-10-5-3-2-4-7-11-18-12-8-6-9-13-18/h6,8-9,12-13,15-16H,2-5,7,10-11,14H2,1H3. The van der Waals surface area contributed by atoms with Crippen molar-refractivity contribution in [3.8, 4) is 0 Å². The van der Waals surface area contributed by atoms with Crippen molar-refractivity contribution >= 4 is 0 Å². The molecule has 0 bridgehead atoms. The van der Waals surface area contributed by atoms with Gasteiger partial charge in [0.1, 0.15) is 0 Å². The minimum atomic E-state index is 1.12. The Labute approximate surface area is 122 Å². The van der Waals surface area contributed by atoms with Gasteiger partial charge in [0.2, 0.25) is 0 Å². The molecule has 0 unspecified atom stereocenters. The lowest BCUT2D eigenvalue weighted by atomic mass is 10.1. The van der Waals surface area contributed by atoms with Crippen LogP contribution in [0.25, 0.3) is 0 Å². The van der Waals surface area contributed by atoms with Gasteiger partial charge in [-0.15, -0.1) is 0 Å². The number of hydrogen-bond acceptors (Lipinski definition) is 1. The zero-order valence-electron chi connectivity index (χ0n) is 12.6. The largest absolute Gasteiger partial charge is 0.335 e. The van der Waals surface area contributed by atoms with Crippen LogP contribution in [0.1, 0.15) is 49.8 Å². The molecule has 1 aromatic heterocycles. The van der Waals surface area contributed by atoms with Crippen molar-refractivity contribution in [2.24, 2.45) is 0 Å². The van der Waals surface area contributed by atoms with E-state index in [9.17, 15) is 0 Å². The van der Waals surface area contributed by atoms with Crippen molar-refractivity contribution in [3.05, 3.63) is 54.1 Å². The van der Waals surface area contributed by atoms with Crippen LogP contribution in [0.15, 0.2) is 42.9 Å². The van der Waals surface area contributed by atoms with Crippen LogP contribution in [-0.2, 0) is 13.0 Å². The molecule has 1 heterocycles. The van der Waals surface area contributed by atoms with E-state index in [1.165, 1.54) is 56.2 Å². The summed E-state index contributed by atoms with van der Waals surface area (Å²) in [5.74, 6) is 0. The summed E-state index contributed by atoms with van der Waals surface area (Å²) in [7, 11) is 0. The van der Waals surface area contributed by atoms with E-state index in [0.29, 0.717) is 0 Å². The molecule has 0 radical (unpaired) electrons. The average Bonchev–Trinajstić information content (AvgIpc) is 2.88. The van der Waals surface area contributed by atoms with Gasteiger partial charge in [-0.25, -0.2) is 4.98 Å². The summed E-state index contributed by atoms with van der Waals surface area (Å²) in [5.41, 5.74) is 2.75. The van der Waals surface area contributed by atoms with E-state index in [1.54, 1.807) is 0 Å². The van der Waals surface area contributed by atoms with Crippen molar-refractivity contribution in [2.75, 3.05) is 0 Å². The van der Waals surface area contributed by atoms with Gasteiger partial charge in [0.05, 0.1) is 6.33 Å². The van der Waals surface area contributed by atoms with E-state index in [4.69, 9.17) is 0 Å². The van der Waals surface area contributed by atoms with Gasteiger partial charge >= 0.3 is 0 Å². The molecule has 0 amide bonds. The fourth-order valence-corrected chi connectivity index (χ4v) is 2.58. The van der Waals surface area contributed by atoms with Gasteiger partial charge in [0.25, 0.3) is 0 Å². The Morgan fingerprint density at radius 2 is 1.60 bits per heavy atom. The molecule has 0 saturated carbocycles. The van der Waals surface area contributed by atoms with Crippen LogP contribution in [0.5, 0.6) is 0 Å². The van der Waals surface area contributed by atoms with Crippen LogP contribution in [0.3, 0.4) is 0 Å². The number of unbranched alkanes of at least 4 members (excludes halogenated alkanes) is 5. The summed E-state index contributed by atoms with van der Waals surface area (Å²) in [6.45, 7) is 3.24. The highest BCUT2D eigenvalue weighted by molar-refractivity contribution is 5.14. The quantitative estimate of drug-likeness (QED) is 0.600. The van der Waals surface area contributed by atoms with Crippen LogP contribution in [0.2, 0.25) is 0 Å². The smallest absolute Gasteiger partial charge is 0.0948 e. The van der Waals surface area contributed by atoms with Gasteiger partial charge in [0, 0.05) is 18.4 Å². The Morgan fingerprint density at radius 3 is 2.30 bits per heavy atom. The van der Waals surface area contributed by atoms with Crippen LogP contribution in [0, 0.1) is 6.92 Å². The van der Waals surface area contributed by atoms with E-state index in [1.807, 2.05) is 12.5 Å². The third kappa shape index (κ3) is 5.20. The number of rotatable bonds is 9. The topological polar surface area (TPSA) is 17.8 Å². The number of hydrogen-bond donors (Lipinski definition) is 0. The van der Waals surface area contributed by atoms with E-state index in [2.05, 4.69) is 46.8 Å². The maximum atomic E-state index is 4.15. The minimum Gasteiger partial charge on any atom is -0.335 e. The fraction of sp³-hybridized carbons (Fsp3) is 0.500. The predicted octanol–water partition coefficient (Wildman–Crippen LogP) is 4.77. The maximum Gasteiger partial charge on any atom is 0.0948 e. The predicted molar refractivity (Wildman–Crippen MR) is 84.8 cm³/mol. The van der Waals surface area contributed by atoms with Gasteiger partial charge in [-0.3, -0.25) is 0 Å². The molecule has 0 fully saturated rings. The molecule has 0 aliphatic rings. The first-order valence-corrected chi connectivity index (χ1v) is 7.87. The SMILES string of the molecule is Cc1cncn1CCCCCCCCc1ccccc1. The molecule has 108 valence electrons. The molecule has 2 heteroatoms. The number of benzene rings is 1. The molecule has 2 nitrogen and oxygen atoms in total. The Hall–Kier alpha value is -1.57. The van der Waals surface area contributed by atoms with Crippen molar-refractivity contribution in [1.82, 2.24) is 9.55 Å². The first-order valence-electron chi connectivity index (χ1n) is 7.87. The maximum absolute atomic E-state index is 4.15. The molecular weight excluding hydrogens is 244 g/mol. The van der Waals surface area contributed by atoms with Crippen molar-refractivity contribution < 1.29 is 0 Å². The monoisotopic (exact) mass is 270 g/mol. The molecular formula is C18H26N2. The van der Waals surface area contributed by atoms with Crippen LogP contribution in [0.4, 0.5) is 0 Å². The number of imidazole rings is 1. The molecule has 0 N–H and O–H groups in total. The van der Waals surface area contributed by atoms with Gasteiger partial charge in [0.15, 0.2) is 0 Å². The Morgan fingerprint density at radius 1 is 0.900 bits per heavy atom. The summed E-state index contributed by atoms with van der Waals surface area (Å²) in [5, 5.41) is 0. The Balaban J connectivity index is 1.45. The van der Waals surface area contributed by atoms with Crippen molar-refractivity contribution in [3.63, 3.8) is 0 Å². The first kappa shape index (κ1) is 14.8. The summed E-state index contributed by atoms with van der Waals surface area (Å²) < 4.78 is 2.25. The van der Waals surface area contributed by atoms with E-state index >= 15 is 0 Å². The first-order chi connectivity index (χ1) is 9.86. The molecule has 0 saturated heterocycles. The summed E-state index contributed by atoms with van der Waals surface area (Å²) in [6, 6.07) is 10.8. The lowest BCUT2D eigenvalue weighted by Gasteiger charge is -2.05. The Bertz CT molecular complexity index is 473. The van der Waals surface area contributed by atoms with Crippen LogP contribution in [-0.4, -0.2) is 9.55 Å². The molecule has 1 aromatic carbocycles. The van der Waals surface area contributed by atoms with Gasteiger partial charge in [-0.2, -0.15) is 0 Å². The summed E-state index contributed by atoms with van der Waals surface area (Å²) >= 11 is 0. The lowest BCUT2D eigenvalue weighted by Crippen LogP contribution is -1.98. The van der Waals surface area contributed by atoms with Crippen molar-refractivity contribution in [1.29, 1.82) is 0 Å². The summed E-state index contributed by atoms with van der Waals surface area (Å²) in [4.78, 5) is 4.15. The second kappa shape index (κ2) is 8.57. The zero-order valence-corrected chi connectivity index (χ0v) is 12.6. The third-order valence-corrected chi connectivity index (χ3v) is 3.88. The van der Waals surface area contributed by atoms with Crippen LogP contribution < -0.4 is 0 Å². The molecule has 0 atom stereocenters. The summed E-state index contributed by atoms with van der Waals surface area (Å²) in [6.07, 6.45) is 13.1. The molecule has 0 spiro atoms. The van der Waals surface area contributed by atoms with E-state index < -0.39 is 0 Å². The molecule has 20 heavy (non-hydrogen) atoms. The second-order valence-electron chi connectivity index (χ2n) is 5.59. The number of aryl methyl sites for hydroxylation is 3. The van der Waals surface area contributed by atoms with Crippen LogP contribution >= 0.6 is 0 Å². The second-order valence-corrected chi connectivity index (χ2v) is 5.59. The normalized spacial score (nSPS) is 10.8. The van der Waals surface area contributed by atoms with E-state index in [-0.39, 0.29) is 0 Å². The highest BCUT2D eigenvalue weighted by Crippen LogP contribution is 2.10.